The fourth-order valence-electron chi connectivity index (χ4n) is 4.94. The van der Waals surface area contributed by atoms with Crippen molar-refractivity contribution in [1.82, 2.24) is 0 Å². The third-order valence-electron chi connectivity index (χ3n) is 6.56. The summed E-state index contributed by atoms with van der Waals surface area (Å²) >= 11 is 0. The largest absolute Gasteiger partial charge is 0.456 e. The molecule has 4 rings (SSSR count). The Bertz CT molecular complexity index is 1200. The average molecular weight is 549 g/mol. The van der Waals surface area contributed by atoms with Gasteiger partial charge < -0.3 is 28.8 Å². The highest BCUT2D eigenvalue weighted by Gasteiger charge is 2.57. The summed E-state index contributed by atoms with van der Waals surface area (Å²) in [6, 6.07) is 28.4. The highest BCUT2D eigenvalue weighted by Crippen LogP contribution is 2.42. The Hall–Kier alpha value is -4.05. The van der Waals surface area contributed by atoms with Gasteiger partial charge in [-0.2, -0.15) is 0 Å². The first-order valence-corrected chi connectivity index (χ1v) is 12.8. The van der Waals surface area contributed by atoms with E-state index in [0.717, 1.165) is 30.5 Å². The molecule has 9 nitrogen and oxygen atoms in total. The van der Waals surface area contributed by atoms with Gasteiger partial charge in [0.2, 0.25) is 5.79 Å². The second-order valence-corrected chi connectivity index (χ2v) is 9.48. The molecule has 210 valence electrons. The van der Waals surface area contributed by atoms with Gasteiger partial charge in [0.25, 0.3) is 0 Å². The van der Waals surface area contributed by atoms with Crippen molar-refractivity contribution in [2.75, 3.05) is 13.2 Å². The smallest absolute Gasteiger partial charge is 0.303 e. The van der Waals surface area contributed by atoms with E-state index in [2.05, 4.69) is 0 Å². The molecule has 0 aromatic heterocycles. The molecule has 0 amide bonds. The van der Waals surface area contributed by atoms with Crippen molar-refractivity contribution in [3.05, 3.63) is 108 Å². The van der Waals surface area contributed by atoms with Crippen molar-refractivity contribution >= 4 is 17.9 Å². The number of benzene rings is 3. The number of rotatable bonds is 9. The molecule has 3 aromatic rings. The fourth-order valence-corrected chi connectivity index (χ4v) is 4.94. The van der Waals surface area contributed by atoms with E-state index < -0.39 is 54.2 Å². The number of carbonyl (C=O) groups is 3. The first-order chi connectivity index (χ1) is 19.2. The zero-order valence-corrected chi connectivity index (χ0v) is 22.5. The lowest BCUT2D eigenvalue weighted by molar-refractivity contribution is -0.343. The summed E-state index contributed by atoms with van der Waals surface area (Å²) in [4.78, 5) is 35.9. The number of hydrogen-bond acceptors (Lipinski definition) is 9. The van der Waals surface area contributed by atoms with Crippen LogP contribution < -0.4 is 0 Å². The quantitative estimate of drug-likeness (QED) is 0.244. The van der Waals surface area contributed by atoms with Crippen LogP contribution in [0.15, 0.2) is 91.0 Å². The molecule has 1 fully saturated rings. The minimum atomic E-state index is -2.29. The lowest BCUT2D eigenvalue weighted by atomic mass is 9.80. The molecule has 4 unspecified atom stereocenters. The SMILES string of the molecule is CC(=O)OC1COC(O)(COC(c2ccccc2)(c2ccccc2)c2ccccc2)C(OC(C)=O)C1OC(C)=O. The fraction of sp³-hybridized carbons (Fsp3) is 0.323. The monoisotopic (exact) mass is 548 g/mol. The molecule has 1 N–H and O–H groups in total. The summed E-state index contributed by atoms with van der Waals surface area (Å²) in [5.74, 6) is -4.44. The van der Waals surface area contributed by atoms with Crippen LogP contribution in [0.25, 0.3) is 0 Å². The lowest BCUT2D eigenvalue weighted by Crippen LogP contribution is -2.66. The van der Waals surface area contributed by atoms with Gasteiger partial charge in [-0.3, -0.25) is 14.4 Å². The zero-order chi connectivity index (χ0) is 28.8. The van der Waals surface area contributed by atoms with Crippen LogP contribution in [0.1, 0.15) is 37.5 Å². The maximum atomic E-state index is 12.1. The van der Waals surface area contributed by atoms with Gasteiger partial charge in [-0.1, -0.05) is 91.0 Å². The van der Waals surface area contributed by atoms with E-state index in [9.17, 15) is 19.5 Å². The third kappa shape index (κ3) is 6.22. The van der Waals surface area contributed by atoms with Gasteiger partial charge in [0.15, 0.2) is 18.3 Å². The standard InChI is InChI=1S/C31H32O9/c1-21(32)38-27-19-36-30(35,29(40-23(3)34)28(27)39-22(2)33)20-37-31(24-13-7-4-8-14-24,25-15-9-5-10-16-25)26-17-11-6-12-18-26/h4-18,27-29,35H,19-20H2,1-3H3. The van der Waals surface area contributed by atoms with Crippen molar-refractivity contribution in [2.24, 2.45) is 0 Å². The molecule has 1 heterocycles. The van der Waals surface area contributed by atoms with Crippen molar-refractivity contribution in [3.8, 4) is 0 Å². The molecule has 0 aliphatic carbocycles. The van der Waals surface area contributed by atoms with Gasteiger partial charge in [0.05, 0.1) is 6.61 Å². The van der Waals surface area contributed by atoms with Crippen LogP contribution >= 0.6 is 0 Å². The van der Waals surface area contributed by atoms with Crippen LogP contribution in [0.3, 0.4) is 0 Å². The van der Waals surface area contributed by atoms with Crippen LogP contribution in [0.4, 0.5) is 0 Å². The summed E-state index contributed by atoms with van der Waals surface area (Å²) < 4.78 is 28.6. The third-order valence-corrected chi connectivity index (χ3v) is 6.56. The second kappa shape index (κ2) is 12.4. The normalized spacial score (nSPS) is 22.6. The van der Waals surface area contributed by atoms with Gasteiger partial charge in [-0.25, -0.2) is 0 Å². The minimum Gasteiger partial charge on any atom is -0.456 e. The van der Waals surface area contributed by atoms with Gasteiger partial charge in [0.1, 0.15) is 12.2 Å². The average Bonchev–Trinajstić information content (AvgIpc) is 2.94. The van der Waals surface area contributed by atoms with Gasteiger partial charge >= 0.3 is 17.9 Å². The highest BCUT2D eigenvalue weighted by atomic mass is 16.7. The number of ether oxygens (including phenoxy) is 5. The van der Waals surface area contributed by atoms with E-state index >= 15 is 0 Å². The van der Waals surface area contributed by atoms with E-state index in [-0.39, 0.29) is 6.61 Å². The number of hydrogen-bond donors (Lipinski definition) is 1. The predicted octanol–water partition coefficient (Wildman–Crippen LogP) is 3.51. The summed E-state index contributed by atoms with van der Waals surface area (Å²) in [5.41, 5.74) is 1.08. The van der Waals surface area contributed by atoms with Crippen LogP contribution in [0, 0.1) is 0 Å². The zero-order valence-electron chi connectivity index (χ0n) is 22.5. The second-order valence-electron chi connectivity index (χ2n) is 9.48. The van der Waals surface area contributed by atoms with Crippen LogP contribution in [0.2, 0.25) is 0 Å². The molecule has 0 spiro atoms. The topological polar surface area (TPSA) is 118 Å². The molecule has 0 bridgehead atoms. The Morgan fingerprint density at radius 3 is 1.57 bits per heavy atom. The Morgan fingerprint density at radius 2 is 1.18 bits per heavy atom. The molecule has 4 atom stereocenters. The van der Waals surface area contributed by atoms with Crippen LogP contribution in [0.5, 0.6) is 0 Å². The first-order valence-electron chi connectivity index (χ1n) is 12.8. The maximum Gasteiger partial charge on any atom is 0.303 e. The number of esters is 3. The Kier molecular flexibility index (Phi) is 8.99. The molecule has 1 aliphatic heterocycles. The van der Waals surface area contributed by atoms with Crippen molar-refractivity contribution in [3.63, 3.8) is 0 Å². The van der Waals surface area contributed by atoms with Crippen molar-refractivity contribution < 1.29 is 43.2 Å². The van der Waals surface area contributed by atoms with Gasteiger partial charge in [0, 0.05) is 20.8 Å². The van der Waals surface area contributed by atoms with Crippen molar-refractivity contribution in [2.45, 2.75) is 50.5 Å². The lowest BCUT2D eigenvalue weighted by Gasteiger charge is -2.46. The molecule has 3 aromatic carbocycles. The van der Waals surface area contributed by atoms with E-state index in [1.165, 1.54) is 6.92 Å². The van der Waals surface area contributed by atoms with E-state index in [0.29, 0.717) is 0 Å². The molecular formula is C31H32O9. The summed E-state index contributed by atoms with van der Waals surface area (Å²) in [6.45, 7) is 2.62. The van der Waals surface area contributed by atoms with E-state index in [4.69, 9.17) is 23.7 Å². The summed E-state index contributed by atoms with van der Waals surface area (Å²) in [5, 5.41) is 11.9. The molecule has 0 saturated carbocycles. The minimum absolute atomic E-state index is 0.343. The first kappa shape index (κ1) is 28.9. The Morgan fingerprint density at radius 1 is 0.750 bits per heavy atom. The van der Waals surface area contributed by atoms with E-state index in [1.54, 1.807) is 0 Å². The van der Waals surface area contributed by atoms with Crippen molar-refractivity contribution in [1.29, 1.82) is 0 Å². The predicted molar refractivity (Wildman–Crippen MR) is 143 cm³/mol. The molecule has 40 heavy (non-hydrogen) atoms. The van der Waals surface area contributed by atoms with Crippen LogP contribution in [-0.2, 0) is 43.7 Å². The molecule has 1 saturated heterocycles. The molecule has 9 heteroatoms. The van der Waals surface area contributed by atoms with Crippen LogP contribution in [-0.4, -0.2) is 60.3 Å². The number of carbonyl (C=O) groups excluding carboxylic acids is 3. The molecule has 1 aliphatic rings. The summed E-state index contributed by atoms with van der Waals surface area (Å²) in [7, 11) is 0. The summed E-state index contributed by atoms with van der Waals surface area (Å²) in [6.07, 6.45) is -4.06. The Labute approximate surface area is 232 Å². The Balaban J connectivity index is 1.81. The highest BCUT2D eigenvalue weighted by molar-refractivity contribution is 5.68. The molecule has 0 radical (unpaired) electrons. The van der Waals surface area contributed by atoms with Gasteiger partial charge in [-0.15, -0.1) is 0 Å². The number of aliphatic hydroxyl groups is 1. The molecular weight excluding hydrogens is 516 g/mol. The maximum absolute atomic E-state index is 12.1. The van der Waals surface area contributed by atoms with Gasteiger partial charge in [-0.05, 0) is 16.7 Å². The van der Waals surface area contributed by atoms with E-state index in [1.807, 2.05) is 91.0 Å².